The van der Waals surface area contributed by atoms with E-state index in [0.29, 0.717) is 13.1 Å². The van der Waals surface area contributed by atoms with Crippen LogP contribution in [-0.4, -0.2) is 31.1 Å². The maximum atomic E-state index is 13.3. The van der Waals surface area contributed by atoms with Crippen LogP contribution in [0.5, 0.6) is 0 Å². The lowest BCUT2D eigenvalue weighted by molar-refractivity contribution is -0.153. The Morgan fingerprint density at radius 3 is 2.75 bits per heavy atom. The van der Waals surface area contributed by atoms with E-state index < -0.39 is 17.9 Å². The number of hydrogen-bond donors (Lipinski definition) is 1. The van der Waals surface area contributed by atoms with Crippen LogP contribution >= 0.6 is 11.8 Å². The number of hydrogen-bond acceptors (Lipinski definition) is 5. The van der Waals surface area contributed by atoms with Gasteiger partial charge in [0.25, 0.3) is 0 Å². The fourth-order valence-corrected chi connectivity index (χ4v) is 6.35. The fraction of sp³-hybridized carbons (Fsp3) is 0.235. The van der Waals surface area contributed by atoms with Gasteiger partial charge in [0.05, 0.1) is 12.3 Å². The summed E-state index contributed by atoms with van der Waals surface area (Å²) >= 11 is 1.25. The number of aryl methyl sites for hydroxylation is 2. The lowest BCUT2D eigenvalue weighted by Gasteiger charge is -2.26. The second-order valence-corrected chi connectivity index (χ2v) is 11.9. The Morgan fingerprint density at radius 2 is 1.95 bits per heavy atom. The SMILES string of the molecule is Cc1ccc2c(c1CN(Cc1ccc(C(F)(F)F)o1)Cc1ccc(-c3cccc(SCC(=O)O)c3)c3nccn13)C=CCC2. The molecule has 3 aromatic heterocycles. The Bertz CT molecular complexity index is 1860. The lowest BCUT2D eigenvalue weighted by atomic mass is 9.90. The quantitative estimate of drug-likeness (QED) is 0.159. The number of allylic oxidation sites excluding steroid dienone is 1. The Kier molecular flexibility index (Phi) is 8.38. The Balaban J connectivity index is 1.35. The summed E-state index contributed by atoms with van der Waals surface area (Å²) in [5, 5.41) is 9.08. The molecule has 0 radical (unpaired) electrons. The van der Waals surface area contributed by atoms with Gasteiger partial charge in [0.15, 0.2) is 0 Å². The third-order valence-corrected chi connectivity index (χ3v) is 8.75. The minimum Gasteiger partial charge on any atom is -0.481 e. The number of aromatic nitrogens is 2. The highest BCUT2D eigenvalue weighted by molar-refractivity contribution is 8.00. The molecule has 0 unspecified atom stereocenters. The second kappa shape index (κ2) is 12.4. The number of furan rings is 1. The number of carbonyl (C=O) groups is 1. The molecule has 1 aliphatic rings. The molecular weight excluding hydrogens is 587 g/mol. The molecule has 5 aromatic rings. The van der Waals surface area contributed by atoms with Crippen LogP contribution < -0.4 is 0 Å². The fourth-order valence-electron chi connectivity index (χ4n) is 5.68. The van der Waals surface area contributed by atoms with Crippen molar-refractivity contribution in [2.45, 2.75) is 50.5 Å². The van der Waals surface area contributed by atoms with Crippen LogP contribution in [0.15, 0.2) is 88.4 Å². The van der Waals surface area contributed by atoms with Crippen molar-refractivity contribution in [1.29, 1.82) is 0 Å². The first-order chi connectivity index (χ1) is 21.2. The molecule has 1 N–H and O–H groups in total. The van der Waals surface area contributed by atoms with Gasteiger partial charge in [0.2, 0.25) is 5.76 Å². The number of benzene rings is 2. The minimum absolute atomic E-state index is 0.0307. The van der Waals surface area contributed by atoms with E-state index in [2.05, 4.69) is 41.1 Å². The van der Waals surface area contributed by atoms with Crippen molar-refractivity contribution in [2.75, 3.05) is 5.75 Å². The third kappa shape index (κ3) is 6.46. The van der Waals surface area contributed by atoms with Gasteiger partial charge in [0, 0.05) is 41.6 Å². The lowest BCUT2D eigenvalue weighted by Crippen LogP contribution is -2.25. The molecule has 226 valence electrons. The molecule has 3 heterocycles. The van der Waals surface area contributed by atoms with Gasteiger partial charge in [-0.3, -0.25) is 9.69 Å². The number of nitrogens with zero attached hydrogens (tertiary/aromatic N) is 3. The minimum atomic E-state index is -4.55. The summed E-state index contributed by atoms with van der Waals surface area (Å²) in [6.45, 7) is 3.19. The first kappa shape index (κ1) is 29.8. The van der Waals surface area contributed by atoms with Crippen molar-refractivity contribution in [3.63, 3.8) is 0 Å². The number of imidazole rings is 1. The summed E-state index contributed by atoms with van der Waals surface area (Å²) in [7, 11) is 0. The first-order valence-electron chi connectivity index (χ1n) is 14.2. The van der Waals surface area contributed by atoms with Gasteiger partial charge in [-0.1, -0.05) is 36.4 Å². The molecule has 0 atom stereocenters. The number of alkyl halides is 3. The highest BCUT2D eigenvalue weighted by Crippen LogP contribution is 2.33. The van der Waals surface area contributed by atoms with Crippen molar-refractivity contribution < 1.29 is 27.5 Å². The highest BCUT2D eigenvalue weighted by Gasteiger charge is 2.35. The number of fused-ring (bicyclic) bond motifs is 2. The zero-order valence-electron chi connectivity index (χ0n) is 24.0. The van der Waals surface area contributed by atoms with Gasteiger partial charge in [-0.15, -0.1) is 11.8 Å². The summed E-state index contributed by atoms with van der Waals surface area (Å²) in [4.78, 5) is 18.6. The first-order valence-corrected chi connectivity index (χ1v) is 15.2. The average Bonchev–Trinajstić information content (AvgIpc) is 3.69. The molecule has 6 rings (SSSR count). The van der Waals surface area contributed by atoms with Crippen LogP contribution in [-0.2, 0) is 37.0 Å². The highest BCUT2D eigenvalue weighted by atomic mass is 32.2. The van der Waals surface area contributed by atoms with Crippen molar-refractivity contribution in [1.82, 2.24) is 14.3 Å². The second-order valence-electron chi connectivity index (χ2n) is 10.9. The molecule has 6 nitrogen and oxygen atoms in total. The normalized spacial score (nSPS) is 13.1. The van der Waals surface area contributed by atoms with Gasteiger partial charge < -0.3 is 13.9 Å². The van der Waals surface area contributed by atoms with Gasteiger partial charge >= 0.3 is 12.1 Å². The van der Waals surface area contributed by atoms with E-state index in [0.717, 1.165) is 57.4 Å². The number of carboxylic acids is 1. The summed E-state index contributed by atoms with van der Waals surface area (Å²) < 4.78 is 47.3. The number of rotatable bonds is 10. The molecular formula is C34H30F3N3O3S. The number of pyridine rings is 1. The molecule has 1 aliphatic carbocycles. The van der Waals surface area contributed by atoms with E-state index in [1.807, 2.05) is 47.0 Å². The van der Waals surface area contributed by atoms with Crippen LogP contribution in [0.1, 0.15) is 45.9 Å². The smallest absolute Gasteiger partial charge is 0.449 e. The zero-order valence-corrected chi connectivity index (χ0v) is 24.8. The molecule has 0 saturated carbocycles. The van der Waals surface area contributed by atoms with E-state index in [-0.39, 0.29) is 18.1 Å². The van der Waals surface area contributed by atoms with Gasteiger partial charge in [0.1, 0.15) is 11.4 Å². The predicted octanol–water partition coefficient (Wildman–Crippen LogP) is 8.26. The molecule has 0 fully saturated rings. The Hall–Kier alpha value is -4.28. The average molecular weight is 618 g/mol. The van der Waals surface area contributed by atoms with Crippen molar-refractivity contribution in [3.8, 4) is 11.1 Å². The Labute approximate surface area is 256 Å². The van der Waals surface area contributed by atoms with Crippen LogP contribution in [0.2, 0.25) is 0 Å². The van der Waals surface area contributed by atoms with E-state index in [4.69, 9.17) is 9.52 Å². The van der Waals surface area contributed by atoms with Crippen molar-refractivity contribution in [2.24, 2.45) is 0 Å². The molecule has 0 saturated heterocycles. The molecule has 0 bridgehead atoms. The van der Waals surface area contributed by atoms with Crippen molar-refractivity contribution >= 4 is 29.5 Å². The maximum absolute atomic E-state index is 13.3. The van der Waals surface area contributed by atoms with Gasteiger partial charge in [-0.25, -0.2) is 4.98 Å². The third-order valence-electron chi connectivity index (χ3n) is 7.78. The molecule has 10 heteroatoms. The molecule has 2 aromatic carbocycles. The van der Waals surface area contributed by atoms with Crippen LogP contribution in [0.4, 0.5) is 13.2 Å². The summed E-state index contributed by atoms with van der Waals surface area (Å²) in [5.41, 5.74) is 8.18. The van der Waals surface area contributed by atoms with Gasteiger partial charge in [-0.2, -0.15) is 13.2 Å². The zero-order chi connectivity index (χ0) is 30.8. The van der Waals surface area contributed by atoms with Crippen LogP contribution in [0.3, 0.4) is 0 Å². The Morgan fingerprint density at radius 1 is 1.09 bits per heavy atom. The molecule has 0 spiro atoms. The van der Waals surface area contributed by atoms with Crippen LogP contribution in [0.25, 0.3) is 22.9 Å². The largest absolute Gasteiger partial charge is 0.481 e. The maximum Gasteiger partial charge on any atom is 0.449 e. The summed E-state index contributed by atoms with van der Waals surface area (Å²) in [6.07, 6.45) is 5.31. The summed E-state index contributed by atoms with van der Waals surface area (Å²) in [6, 6.07) is 18.3. The summed E-state index contributed by atoms with van der Waals surface area (Å²) in [5.74, 6) is -1.67. The van der Waals surface area contributed by atoms with E-state index in [1.54, 1.807) is 6.20 Å². The topological polar surface area (TPSA) is 71.0 Å². The van der Waals surface area contributed by atoms with Crippen molar-refractivity contribution in [3.05, 3.63) is 119 Å². The predicted molar refractivity (Wildman–Crippen MR) is 164 cm³/mol. The van der Waals surface area contributed by atoms with Gasteiger partial charge in [-0.05, 0) is 84.0 Å². The van der Waals surface area contributed by atoms with E-state index in [9.17, 15) is 18.0 Å². The monoisotopic (exact) mass is 617 g/mol. The number of halogens is 3. The van der Waals surface area contributed by atoms with Crippen LogP contribution in [0, 0.1) is 6.92 Å². The molecule has 44 heavy (non-hydrogen) atoms. The standard InChI is InChI=1S/C34H30F3N3O3S/c1-22-9-10-23-5-2-3-8-28(23)30(22)20-39(19-26-12-14-31(43-26)34(35,36)37)18-25-11-13-29(33-38-15-16-40(25)33)24-6-4-7-27(17-24)44-21-32(41)42/h3-4,6-17H,2,5,18-21H2,1H3,(H,41,42). The number of thioether (sulfide) groups is 1. The van der Waals surface area contributed by atoms with E-state index in [1.165, 1.54) is 29.0 Å². The number of carboxylic acid groups (broad SMARTS) is 1. The van der Waals surface area contributed by atoms with E-state index >= 15 is 0 Å². The number of aliphatic carboxylic acids is 1. The molecule has 0 aliphatic heterocycles. The molecule has 0 amide bonds.